The van der Waals surface area contributed by atoms with Crippen LogP contribution in [0.2, 0.25) is 5.02 Å². The largest absolute Gasteiger partial charge is 0.489 e. The van der Waals surface area contributed by atoms with Gasteiger partial charge in [0, 0.05) is 105 Å². The van der Waals surface area contributed by atoms with Gasteiger partial charge in [-0.25, -0.2) is 9.48 Å². The van der Waals surface area contributed by atoms with E-state index in [9.17, 15) is 24.4 Å². The van der Waals surface area contributed by atoms with E-state index in [2.05, 4.69) is 88.5 Å². The second kappa shape index (κ2) is 16.7. The fourth-order valence-electron chi connectivity index (χ4n) is 10.2. The van der Waals surface area contributed by atoms with Crippen molar-refractivity contribution in [2.24, 2.45) is 23.8 Å². The number of carbonyl (C=O) groups is 3. The van der Waals surface area contributed by atoms with E-state index in [-0.39, 0.29) is 53.3 Å². The molecule has 3 aromatic carbocycles. The van der Waals surface area contributed by atoms with Crippen LogP contribution < -0.4 is 30.9 Å². The molecular formula is C46H54ClN9O5. The summed E-state index contributed by atoms with van der Waals surface area (Å²) in [4.78, 5) is 57.9. The number of amides is 3. The van der Waals surface area contributed by atoms with Crippen molar-refractivity contribution < 1.29 is 19.1 Å². The molecule has 1 unspecified atom stereocenters. The first-order valence-corrected chi connectivity index (χ1v) is 21.6. The van der Waals surface area contributed by atoms with Crippen molar-refractivity contribution in [3.05, 3.63) is 93.4 Å². The summed E-state index contributed by atoms with van der Waals surface area (Å²) in [6.07, 6.45) is 2.50. The molecule has 4 aliphatic rings. The number of benzene rings is 3. The number of hydrogen-bond donors (Lipinski definition) is 2. The second-order valence-corrected chi connectivity index (χ2v) is 18.6. The van der Waals surface area contributed by atoms with Gasteiger partial charge in [0.05, 0.1) is 10.6 Å². The van der Waals surface area contributed by atoms with E-state index in [1.165, 1.54) is 9.25 Å². The number of nitrogens with one attached hydrogen (secondary N) is 2. The van der Waals surface area contributed by atoms with Gasteiger partial charge in [0.15, 0.2) is 5.82 Å². The number of piperidine rings is 2. The van der Waals surface area contributed by atoms with Crippen LogP contribution in [0.1, 0.15) is 75.3 Å². The molecule has 1 aliphatic carbocycles. The number of piperazine rings is 1. The molecule has 1 saturated carbocycles. The monoisotopic (exact) mass is 847 g/mol. The Bertz CT molecular complexity index is 2390. The minimum Gasteiger partial charge on any atom is -0.489 e. The number of imide groups is 1. The van der Waals surface area contributed by atoms with Crippen LogP contribution in [0.3, 0.4) is 0 Å². The molecule has 3 saturated heterocycles. The van der Waals surface area contributed by atoms with Crippen molar-refractivity contribution >= 4 is 40.7 Å². The Morgan fingerprint density at radius 2 is 1.51 bits per heavy atom. The van der Waals surface area contributed by atoms with Gasteiger partial charge in [0.2, 0.25) is 5.91 Å². The van der Waals surface area contributed by atoms with Crippen LogP contribution in [0.25, 0.3) is 11.4 Å². The molecule has 0 spiro atoms. The Hall–Kier alpha value is -5.65. The molecule has 15 heteroatoms. The van der Waals surface area contributed by atoms with Crippen molar-refractivity contribution in [2.45, 2.75) is 71.6 Å². The minimum absolute atomic E-state index is 0.0990. The molecule has 3 aliphatic heterocycles. The molecule has 0 bridgehead atoms. The van der Waals surface area contributed by atoms with Crippen molar-refractivity contribution in [3.63, 3.8) is 0 Å². The molecule has 1 aromatic heterocycles. The summed E-state index contributed by atoms with van der Waals surface area (Å²) < 4.78 is 9.03. The molecular weight excluding hydrogens is 794 g/mol. The fraction of sp³-hybridized carbons (Fsp3) is 0.478. The predicted octanol–water partition coefficient (Wildman–Crippen LogP) is 5.40. The lowest BCUT2D eigenvalue weighted by molar-refractivity contribution is -0.164. The lowest BCUT2D eigenvalue weighted by atomic mass is 9.49. The first-order valence-electron chi connectivity index (χ1n) is 21.2. The Kier molecular flexibility index (Phi) is 11.5. The van der Waals surface area contributed by atoms with E-state index in [0.29, 0.717) is 33.6 Å². The summed E-state index contributed by atoms with van der Waals surface area (Å²) in [6.45, 7) is 15.3. The van der Waals surface area contributed by atoms with Crippen LogP contribution >= 0.6 is 11.6 Å². The Morgan fingerprint density at radius 1 is 0.885 bits per heavy atom. The van der Waals surface area contributed by atoms with Crippen LogP contribution in [-0.2, 0) is 16.6 Å². The Labute approximate surface area is 361 Å². The molecule has 3 amide bonds. The van der Waals surface area contributed by atoms with Gasteiger partial charge in [0.1, 0.15) is 24.0 Å². The maximum absolute atomic E-state index is 13.5. The highest BCUT2D eigenvalue weighted by atomic mass is 35.5. The van der Waals surface area contributed by atoms with Gasteiger partial charge in [-0.2, -0.15) is 5.26 Å². The number of nitrogens with zero attached hydrogens (tertiary/aromatic N) is 7. The summed E-state index contributed by atoms with van der Waals surface area (Å²) in [5, 5.41) is 19.7. The van der Waals surface area contributed by atoms with Crippen molar-refractivity contribution in [1.82, 2.24) is 29.9 Å². The number of halogens is 1. The van der Waals surface area contributed by atoms with Gasteiger partial charge in [-0.3, -0.25) is 29.2 Å². The third kappa shape index (κ3) is 8.25. The second-order valence-electron chi connectivity index (χ2n) is 18.2. The van der Waals surface area contributed by atoms with Crippen LogP contribution in [0.15, 0.2) is 71.5 Å². The summed E-state index contributed by atoms with van der Waals surface area (Å²) >= 11 is 6.26. The topological polar surface area (TPSA) is 158 Å². The lowest BCUT2D eigenvalue weighted by Gasteiger charge is -2.63. The molecule has 61 heavy (non-hydrogen) atoms. The molecule has 14 nitrogen and oxygen atoms in total. The highest BCUT2D eigenvalue weighted by Gasteiger charge is 2.64. The highest BCUT2D eigenvalue weighted by molar-refractivity contribution is 6.31. The van der Waals surface area contributed by atoms with E-state index in [1.54, 1.807) is 25.2 Å². The van der Waals surface area contributed by atoms with Crippen LogP contribution in [0.4, 0.5) is 11.4 Å². The lowest BCUT2D eigenvalue weighted by Crippen LogP contribution is -2.74. The third-order valence-corrected chi connectivity index (χ3v) is 13.7. The smallest absolute Gasteiger partial charge is 0.346 e. The molecule has 320 valence electrons. The van der Waals surface area contributed by atoms with E-state index >= 15 is 0 Å². The van der Waals surface area contributed by atoms with Crippen molar-refractivity contribution in [2.75, 3.05) is 55.6 Å². The van der Waals surface area contributed by atoms with Gasteiger partial charge in [-0.15, -0.1) is 5.10 Å². The molecule has 1 atom stereocenters. The zero-order valence-corrected chi connectivity index (χ0v) is 36.2. The first-order chi connectivity index (χ1) is 29.1. The number of nitriles is 1. The summed E-state index contributed by atoms with van der Waals surface area (Å²) in [5.74, 6) is 0.789. The normalized spacial score (nSPS) is 22.9. The summed E-state index contributed by atoms with van der Waals surface area (Å²) in [6, 6.07) is 22.3. The van der Waals surface area contributed by atoms with Gasteiger partial charge in [0.25, 0.3) is 11.8 Å². The quantitative estimate of drug-likeness (QED) is 0.198. The number of carbonyl (C=O) groups excluding carboxylic acids is 3. The standard InChI is InChI=1S/C46H54ClN9O5/c1-45(2)42(46(3,4)43(45)61-35-15-10-32(27-48)36(47)26-35)50-40(58)31-8-13-33(14-9-31)54-20-18-29(19-21-54)28-53-22-24-55(25-23-53)34-11-6-30(7-12-34)39-51-56(44(60)52(39)5)37-16-17-38(57)49-41(37)59/h6-15,26,29,37,42-43H,16-25,28H2,1-5H3,(H,50,58)(H,49,57,59). The van der Waals surface area contributed by atoms with Crippen molar-refractivity contribution in [3.8, 4) is 23.2 Å². The maximum atomic E-state index is 13.5. The van der Waals surface area contributed by atoms with Gasteiger partial charge >= 0.3 is 5.69 Å². The minimum atomic E-state index is -0.798. The van der Waals surface area contributed by atoms with Gasteiger partial charge < -0.3 is 19.9 Å². The van der Waals surface area contributed by atoms with Crippen LogP contribution in [0, 0.1) is 28.1 Å². The average molecular weight is 848 g/mol. The number of hydrogen-bond acceptors (Lipinski definition) is 10. The van der Waals surface area contributed by atoms with Crippen molar-refractivity contribution in [1.29, 1.82) is 5.26 Å². The van der Waals surface area contributed by atoms with E-state index in [4.69, 9.17) is 16.3 Å². The molecule has 0 radical (unpaired) electrons. The molecule has 4 fully saturated rings. The number of anilines is 2. The maximum Gasteiger partial charge on any atom is 0.346 e. The average Bonchev–Trinajstić information content (AvgIpc) is 3.54. The Balaban J connectivity index is 0.782. The summed E-state index contributed by atoms with van der Waals surface area (Å²) in [5.41, 5.74) is 3.01. The predicted molar refractivity (Wildman–Crippen MR) is 234 cm³/mol. The zero-order valence-electron chi connectivity index (χ0n) is 35.5. The zero-order chi connectivity index (χ0) is 43.2. The van der Waals surface area contributed by atoms with E-state index in [0.717, 1.165) is 75.6 Å². The summed E-state index contributed by atoms with van der Waals surface area (Å²) in [7, 11) is 1.65. The molecule has 8 rings (SSSR count). The number of ether oxygens (including phenoxy) is 1. The number of rotatable bonds is 10. The fourth-order valence-corrected chi connectivity index (χ4v) is 10.4. The van der Waals surface area contributed by atoms with Gasteiger partial charge in [-0.1, -0.05) is 39.3 Å². The molecule has 4 heterocycles. The van der Waals surface area contributed by atoms with Crippen LogP contribution in [0.5, 0.6) is 5.75 Å². The number of aromatic nitrogens is 3. The highest BCUT2D eigenvalue weighted by Crippen LogP contribution is 2.55. The molecule has 2 N–H and O–H groups in total. The third-order valence-electron chi connectivity index (χ3n) is 13.4. The SMILES string of the molecule is Cn1c(-c2ccc(N3CCN(CC4CCN(c5ccc(C(=O)NC6C(C)(C)C(Oc7ccc(C#N)c(Cl)c7)C6(C)C)cc5)CC4)CC3)cc2)nn(C2CCC(=O)NC2=O)c1=O. The first kappa shape index (κ1) is 42.1. The van der Waals surface area contributed by atoms with Crippen LogP contribution in [-0.4, -0.2) is 94.9 Å². The van der Waals surface area contributed by atoms with E-state index in [1.807, 2.05) is 24.3 Å². The van der Waals surface area contributed by atoms with Gasteiger partial charge in [-0.05, 0) is 85.8 Å². The van der Waals surface area contributed by atoms with E-state index < -0.39 is 11.9 Å². The Morgan fingerprint density at radius 3 is 2.11 bits per heavy atom. The molecule has 4 aromatic rings.